The molecule has 22 heavy (non-hydrogen) atoms. The molecule has 3 aromatic rings. The molecule has 114 valence electrons. The van der Waals surface area contributed by atoms with Crippen molar-refractivity contribution in [2.45, 2.75) is 18.6 Å². The average Bonchev–Trinajstić information content (AvgIpc) is 2.91. The van der Waals surface area contributed by atoms with E-state index in [4.69, 9.17) is 5.73 Å². The van der Waals surface area contributed by atoms with Gasteiger partial charge in [0, 0.05) is 5.56 Å². The molecule has 1 aromatic carbocycles. The number of hydrogen-bond acceptors (Lipinski definition) is 5. The van der Waals surface area contributed by atoms with E-state index in [1.54, 1.807) is 11.5 Å². The van der Waals surface area contributed by atoms with E-state index in [0.29, 0.717) is 21.9 Å². The average molecular weight is 321 g/mol. The van der Waals surface area contributed by atoms with Gasteiger partial charge in [-0.2, -0.15) is 0 Å². The molecule has 2 aromatic heterocycles. The molecule has 0 aliphatic rings. The summed E-state index contributed by atoms with van der Waals surface area (Å²) in [6, 6.07) is 2.66. The summed E-state index contributed by atoms with van der Waals surface area (Å²) in [7, 11) is 0. The summed E-state index contributed by atoms with van der Waals surface area (Å²) >= 11 is 1.33. The largest absolute Gasteiger partial charge is 0.382 e. The Morgan fingerprint density at radius 2 is 2.05 bits per heavy atom. The molecule has 3 rings (SSSR count). The molecule has 0 aliphatic heterocycles. The van der Waals surface area contributed by atoms with Crippen molar-refractivity contribution in [2.75, 3.05) is 12.0 Å². The van der Waals surface area contributed by atoms with Crippen molar-refractivity contribution < 1.29 is 8.78 Å². The summed E-state index contributed by atoms with van der Waals surface area (Å²) in [5, 5.41) is 0.483. The van der Waals surface area contributed by atoms with Crippen molar-refractivity contribution in [1.29, 1.82) is 0 Å². The van der Waals surface area contributed by atoms with Crippen LogP contribution in [0.5, 0.6) is 0 Å². The number of thioether (sulfide) groups is 1. The molecular weight excluding hydrogens is 308 g/mol. The second-order valence-electron chi connectivity index (χ2n) is 4.80. The first-order valence-electron chi connectivity index (χ1n) is 6.47. The summed E-state index contributed by atoms with van der Waals surface area (Å²) in [6.07, 6.45) is 3.28. The fourth-order valence-electron chi connectivity index (χ4n) is 2.18. The molecule has 0 amide bonds. The Bertz CT molecular complexity index is 862. The highest BCUT2D eigenvalue weighted by Gasteiger charge is 2.16. The molecule has 0 spiro atoms. The van der Waals surface area contributed by atoms with E-state index in [1.165, 1.54) is 30.2 Å². The summed E-state index contributed by atoms with van der Waals surface area (Å²) in [4.78, 5) is 12.5. The van der Waals surface area contributed by atoms with Crippen LogP contribution in [-0.4, -0.2) is 25.8 Å². The smallest absolute Gasteiger partial charge is 0.191 e. The number of halogens is 2. The van der Waals surface area contributed by atoms with Gasteiger partial charge in [-0.05, 0) is 24.8 Å². The van der Waals surface area contributed by atoms with E-state index >= 15 is 0 Å². The van der Waals surface area contributed by atoms with Crippen LogP contribution in [0.3, 0.4) is 0 Å². The fourth-order valence-corrected chi connectivity index (χ4v) is 2.55. The van der Waals surface area contributed by atoms with E-state index in [1.807, 2.05) is 6.26 Å². The maximum Gasteiger partial charge on any atom is 0.191 e. The molecule has 8 heteroatoms. The molecule has 0 saturated heterocycles. The van der Waals surface area contributed by atoms with E-state index in [9.17, 15) is 8.78 Å². The van der Waals surface area contributed by atoms with Gasteiger partial charge in [-0.1, -0.05) is 17.8 Å². The SMILES string of the molecule is CSc1nc(N)c2ncn(Cc3c(F)ccc(C)c3F)c2n1. The summed E-state index contributed by atoms with van der Waals surface area (Å²) in [6.45, 7) is 1.58. The Kier molecular flexibility index (Phi) is 3.69. The van der Waals surface area contributed by atoms with Gasteiger partial charge in [0.25, 0.3) is 0 Å². The Hall–Kier alpha value is -2.22. The van der Waals surface area contributed by atoms with E-state index < -0.39 is 11.6 Å². The number of hydrogen-bond donors (Lipinski definition) is 1. The number of fused-ring (bicyclic) bond motifs is 1. The van der Waals surface area contributed by atoms with Gasteiger partial charge in [0.1, 0.15) is 17.2 Å². The molecule has 2 heterocycles. The van der Waals surface area contributed by atoms with Crippen LogP contribution in [-0.2, 0) is 6.54 Å². The number of aromatic nitrogens is 4. The number of nitrogen functional groups attached to an aromatic ring is 1. The number of nitrogens with two attached hydrogens (primary N) is 1. The summed E-state index contributed by atoms with van der Waals surface area (Å²) in [5.41, 5.74) is 7.08. The van der Waals surface area contributed by atoms with Crippen molar-refractivity contribution in [3.8, 4) is 0 Å². The Balaban J connectivity index is 2.12. The van der Waals surface area contributed by atoms with Crippen molar-refractivity contribution in [3.63, 3.8) is 0 Å². The highest BCUT2D eigenvalue weighted by atomic mass is 32.2. The highest BCUT2D eigenvalue weighted by molar-refractivity contribution is 7.98. The quantitative estimate of drug-likeness (QED) is 0.593. The van der Waals surface area contributed by atoms with Crippen LogP contribution in [0.2, 0.25) is 0 Å². The molecule has 0 atom stereocenters. The van der Waals surface area contributed by atoms with Crippen LogP contribution >= 0.6 is 11.8 Å². The zero-order valence-corrected chi connectivity index (χ0v) is 12.8. The Morgan fingerprint density at radius 1 is 1.27 bits per heavy atom. The van der Waals surface area contributed by atoms with Crippen molar-refractivity contribution in [2.24, 2.45) is 0 Å². The third-order valence-electron chi connectivity index (χ3n) is 3.36. The minimum atomic E-state index is -0.600. The zero-order valence-electron chi connectivity index (χ0n) is 12.0. The topological polar surface area (TPSA) is 69.6 Å². The van der Waals surface area contributed by atoms with Gasteiger partial charge in [-0.3, -0.25) is 0 Å². The predicted octanol–water partition coefficient (Wildman–Crippen LogP) is 2.77. The number of aryl methyl sites for hydroxylation is 1. The molecule has 0 fully saturated rings. The maximum atomic E-state index is 14.1. The second kappa shape index (κ2) is 5.53. The van der Waals surface area contributed by atoms with Gasteiger partial charge in [-0.25, -0.2) is 23.7 Å². The van der Waals surface area contributed by atoms with Crippen LogP contribution < -0.4 is 5.73 Å². The third-order valence-corrected chi connectivity index (χ3v) is 3.91. The van der Waals surface area contributed by atoms with Gasteiger partial charge in [-0.15, -0.1) is 0 Å². The lowest BCUT2D eigenvalue weighted by Gasteiger charge is -2.09. The number of imidazole rings is 1. The highest BCUT2D eigenvalue weighted by Crippen LogP contribution is 2.23. The molecular formula is C14H13F2N5S. The molecule has 0 aliphatic carbocycles. The van der Waals surface area contributed by atoms with Gasteiger partial charge in [0.05, 0.1) is 12.9 Å². The van der Waals surface area contributed by atoms with Crippen molar-refractivity contribution in [3.05, 3.63) is 41.2 Å². The Morgan fingerprint density at radius 3 is 2.77 bits per heavy atom. The number of anilines is 1. The van der Waals surface area contributed by atoms with Crippen LogP contribution in [0.15, 0.2) is 23.6 Å². The molecule has 0 unspecified atom stereocenters. The fraction of sp³-hybridized carbons (Fsp3) is 0.214. The summed E-state index contributed by atoms with van der Waals surface area (Å²) < 4.78 is 29.6. The van der Waals surface area contributed by atoms with E-state index in [-0.39, 0.29) is 17.9 Å². The lowest BCUT2D eigenvalue weighted by molar-refractivity contribution is 0.540. The first-order valence-corrected chi connectivity index (χ1v) is 7.69. The predicted molar refractivity (Wildman–Crippen MR) is 81.7 cm³/mol. The maximum absolute atomic E-state index is 14.1. The van der Waals surface area contributed by atoms with Crippen LogP contribution in [0.4, 0.5) is 14.6 Å². The third kappa shape index (κ3) is 2.39. The lowest BCUT2D eigenvalue weighted by atomic mass is 10.1. The molecule has 0 bridgehead atoms. The summed E-state index contributed by atoms with van der Waals surface area (Å²) in [5.74, 6) is -0.913. The first kappa shape index (κ1) is 14.7. The van der Waals surface area contributed by atoms with E-state index in [2.05, 4.69) is 15.0 Å². The lowest BCUT2D eigenvalue weighted by Crippen LogP contribution is -2.06. The second-order valence-corrected chi connectivity index (χ2v) is 5.57. The van der Waals surface area contributed by atoms with Gasteiger partial charge >= 0.3 is 0 Å². The molecule has 0 saturated carbocycles. The monoisotopic (exact) mass is 321 g/mol. The zero-order chi connectivity index (χ0) is 15.9. The van der Waals surface area contributed by atoms with Crippen molar-refractivity contribution >= 4 is 28.7 Å². The molecule has 2 N–H and O–H groups in total. The standard InChI is InChI=1S/C14H13F2N5S/c1-7-3-4-9(15)8(10(7)16)5-21-6-18-11-12(17)19-14(22-2)20-13(11)21/h3-4,6H,5H2,1-2H3,(H2,17,19,20). The van der Waals surface area contributed by atoms with Crippen molar-refractivity contribution in [1.82, 2.24) is 19.5 Å². The minimum absolute atomic E-state index is 0.0138. The van der Waals surface area contributed by atoms with Crippen LogP contribution in [0.25, 0.3) is 11.2 Å². The first-order chi connectivity index (χ1) is 10.5. The normalized spacial score (nSPS) is 11.3. The number of rotatable bonds is 3. The van der Waals surface area contributed by atoms with Crippen LogP contribution in [0.1, 0.15) is 11.1 Å². The van der Waals surface area contributed by atoms with Crippen LogP contribution in [0, 0.1) is 18.6 Å². The Labute approximate surface area is 129 Å². The van der Waals surface area contributed by atoms with Gasteiger partial charge < -0.3 is 10.3 Å². The van der Waals surface area contributed by atoms with Gasteiger partial charge in [0.2, 0.25) is 0 Å². The van der Waals surface area contributed by atoms with Gasteiger partial charge in [0.15, 0.2) is 16.6 Å². The minimum Gasteiger partial charge on any atom is -0.382 e. The number of benzene rings is 1. The molecule has 0 radical (unpaired) electrons. The van der Waals surface area contributed by atoms with E-state index in [0.717, 1.165) is 0 Å². The molecule has 5 nitrogen and oxygen atoms in total. The number of nitrogens with zero attached hydrogens (tertiary/aromatic N) is 4.